The van der Waals surface area contributed by atoms with Gasteiger partial charge in [0.05, 0.1) is 28.8 Å². The van der Waals surface area contributed by atoms with Gasteiger partial charge in [-0.25, -0.2) is 8.42 Å². The first-order valence-corrected chi connectivity index (χ1v) is 12.0. The molecule has 0 N–H and O–H groups in total. The molecule has 2 fully saturated rings. The van der Waals surface area contributed by atoms with E-state index in [2.05, 4.69) is 31.0 Å². The van der Waals surface area contributed by atoms with Crippen LogP contribution in [0.25, 0.3) is 17.2 Å². The van der Waals surface area contributed by atoms with Gasteiger partial charge in [0.1, 0.15) is 0 Å². The third-order valence-electron chi connectivity index (χ3n) is 6.83. The van der Waals surface area contributed by atoms with Crippen LogP contribution < -0.4 is 0 Å². The summed E-state index contributed by atoms with van der Waals surface area (Å²) in [5.74, 6) is 2.44. The average Bonchev–Trinajstić information content (AvgIpc) is 3.02. The van der Waals surface area contributed by atoms with Gasteiger partial charge in [-0.15, -0.1) is 0 Å². The van der Waals surface area contributed by atoms with Gasteiger partial charge in [-0.2, -0.15) is 5.26 Å². The van der Waals surface area contributed by atoms with Crippen LogP contribution in [0.3, 0.4) is 0 Å². The Hall–Kier alpha value is -2.45. The molecule has 1 aliphatic heterocycles. The largest absolute Gasteiger partial charge is 0.256 e. The highest BCUT2D eigenvalue weighted by Gasteiger charge is 2.47. The first-order chi connectivity index (χ1) is 13.9. The van der Waals surface area contributed by atoms with E-state index in [-0.39, 0.29) is 11.8 Å². The number of hydrogen-bond acceptors (Lipinski definition) is 4. The molecule has 5 heteroatoms. The van der Waals surface area contributed by atoms with Crippen molar-refractivity contribution in [1.82, 2.24) is 4.98 Å². The van der Waals surface area contributed by atoms with Crippen LogP contribution in [0.4, 0.5) is 0 Å². The molecule has 4 nitrogen and oxygen atoms in total. The van der Waals surface area contributed by atoms with Crippen molar-refractivity contribution < 1.29 is 8.42 Å². The highest BCUT2D eigenvalue weighted by Crippen LogP contribution is 2.47. The Balaban J connectivity index is 1.56. The quantitative estimate of drug-likeness (QED) is 0.748. The van der Waals surface area contributed by atoms with Gasteiger partial charge in [-0.1, -0.05) is 44.2 Å². The molecule has 2 heterocycles. The Kier molecular flexibility index (Phi) is 5.31. The fourth-order valence-electron chi connectivity index (χ4n) is 5.10. The van der Waals surface area contributed by atoms with Gasteiger partial charge in [0, 0.05) is 17.3 Å². The standard InChI is InChI=1S/C24H26N2O2S/c1-16-11-20-14-29(27,28)15-24(20)22(17(16)2)10-9-21-8-7-19(13-26-21)23-6-4-3-5-18(23)12-25/h3-10,13,16-17,20,22,24H,11,14-15H2,1-2H3/b10-9+/t16-,17+,20+,22-,24-/m0/s1. The minimum atomic E-state index is -2.91. The summed E-state index contributed by atoms with van der Waals surface area (Å²) in [6.45, 7) is 4.49. The third-order valence-corrected chi connectivity index (χ3v) is 8.66. The molecule has 1 aromatic carbocycles. The number of fused-ring (bicyclic) bond motifs is 1. The molecular formula is C24H26N2O2S. The molecule has 1 saturated heterocycles. The summed E-state index contributed by atoms with van der Waals surface area (Å²) >= 11 is 0. The second-order valence-corrected chi connectivity index (χ2v) is 10.8. The van der Waals surface area contributed by atoms with E-state index >= 15 is 0 Å². The monoisotopic (exact) mass is 406 g/mol. The maximum absolute atomic E-state index is 12.2. The van der Waals surface area contributed by atoms with Crippen LogP contribution in [0.1, 0.15) is 31.5 Å². The lowest BCUT2D eigenvalue weighted by Gasteiger charge is -2.40. The number of allylic oxidation sites excluding steroid dienone is 1. The minimum absolute atomic E-state index is 0.226. The van der Waals surface area contributed by atoms with E-state index in [0.29, 0.717) is 34.8 Å². The van der Waals surface area contributed by atoms with Crippen molar-refractivity contribution in [3.8, 4) is 17.2 Å². The number of aromatic nitrogens is 1. The maximum Gasteiger partial charge on any atom is 0.150 e. The van der Waals surface area contributed by atoms with Gasteiger partial charge < -0.3 is 0 Å². The molecule has 0 spiro atoms. The van der Waals surface area contributed by atoms with Crippen molar-refractivity contribution in [2.45, 2.75) is 20.3 Å². The van der Waals surface area contributed by atoms with E-state index in [4.69, 9.17) is 0 Å². The summed E-state index contributed by atoms with van der Waals surface area (Å²) in [7, 11) is -2.91. The molecule has 29 heavy (non-hydrogen) atoms. The van der Waals surface area contributed by atoms with E-state index in [1.807, 2.05) is 36.4 Å². The fraction of sp³-hybridized carbons (Fsp3) is 0.417. The van der Waals surface area contributed by atoms with Gasteiger partial charge >= 0.3 is 0 Å². The predicted molar refractivity (Wildman–Crippen MR) is 115 cm³/mol. The number of nitrogens with zero attached hydrogens (tertiary/aromatic N) is 2. The van der Waals surface area contributed by atoms with Crippen LogP contribution in [0.2, 0.25) is 0 Å². The van der Waals surface area contributed by atoms with Crippen molar-refractivity contribution in [3.05, 3.63) is 59.9 Å². The molecule has 1 aliphatic carbocycles. The van der Waals surface area contributed by atoms with E-state index in [1.165, 1.54) is 0 Å². The van der Waals surface area contributed by atoms with E-state index in [0.717, 1.165) is 23.2 Å². The number of rotatable bonds is 3. The van der Waals surface area contributed by atoms with Gasteiger partial charge in [0.2, 0.25) is 0 Å². The molecule has 2 aromatic rings. The van der Waals surface area contributed by atoms with E-state index in [9.17, 15) is 13.7 Å². The van der Waals surface area contributed by atoms with Crippen LogP contribution in [-0.2, 0) is 9.84 Å². The van der Waals surface area contributed by atoms with Crippen molar-refractivity contribution >= 4 is 15.9 Å². The number of pyridine rings is 1. The summed E-state index contributed by atoms with van der Waals surface area (Å²) in [6, 6.07) is 13.7. The lowest BCUT2D eigenvalue weighted by atomic mass is 9.64. The Morgan fingerprint density at radius 2 is 1.93 bits per heavy atom. The molecule has 2 aliphatic rings. The second-order valence-electron chi connectivity index (χ2n) is 8.64. The van der Waals surface area contributed by atoms with Crippen LogP contribution in [0.15, 0.2) is 48.7 Å². The molecule has 0 amide bonds. The molecule has 5 atom stereocenters. The Morgan fingerprint density at radius 1 is 1.14 bits per heavy atom. The first kappa shape index (κ1) is 19.8. The van der Waals surface area contributed by atoms with E-state index < -0.39 is 9.84 Å². The Labute approximate surface area is 173 Å². The predicted octanol–water partition coefficient (Wildman–Crippen LogP) is 4.59. The number of nitriles is 1. The zero-order valence-corrected chi connectivity index (χ0v) is 17.6. The summed E-state index contributed by atoms with van der Waals surface area (Å²) < 4.78 is 24.4. The molecule has 0 bridgehead atoms. The van der Waals surface area contributed by atoms with Crippen molar-refractivity contribution in [3.63, 3.8) is 0 Å². The summed E-state index contributed by atoms with van der Waals surface area (Å²) in [5, 5.41) is 9.30. The summed E-state index contributed by atoms with van der Waals surface area (Å²) in [4.78, 5) is 4.56. The minimum Gasteiger partial charge on any atom is -0.256 e. The molecular weight excluding hydrogens is 380 g/mol. The molecule has 0 unspecified atom stereocenters. The van der Waals surface area contributed by atoms with Crippen LogP contribution in [0, 0.1) is 40.9 Å². The molecule has 1 aromatic heterocycles. The summed E-state index contributed by atoms with van der Waals surface area (Å²) in [5.41, 5.74) is 3.29. The van der Waals surface area contributed by atoms with Crippen LogP contribution in [-0.4, -0.2) is 24.9 Å². The van der Waals surface area contributed by atoms with Crippen molar-refractivity contribution in [2.75, 3.05) is 11.5 Å². The average molecular weight is 407 g/mol. The topological polar surface area (TPSA) is 70.8 Å². The van der Waals surface area contributed by atoms with Gasteiger partial charge in [0.15, 0.2) is 9.84 Å². The zero-order valence-electron chi connectivity index (χ0n) is 16.8. The number of sulfone groups is 1. The maximum atomic E-state index is 12.2. The summed E-state index contributed by atoms with van der Waals surface area (Å²) in [6.07, 6.45) is 7.03. The molecule has 1 saturated carbocycles. The van der Waals surface area contributed by atoms with Gasteiger partial charge in [-0.05, 0) is 54.2 Å². The Morgan fingerprint density at radius 3 is 2.66 bits per heavy atom. The van der Waals surface area contributed by atoms with Gasteiger partial charge in [-0.3, -0.25) is 4.98 Å². The number of benzene rings is 1. The smallest absolute Gasteiger partial charge is 0.150 e. The van der Waals surface area contributed by atoms with Crippen LogP contribution in [0.5, 0.6) is 0 Å². The highest BCUT2D eigenvalue weighted by molar-refractivity contribution is 7.91. The lowest BCUT2D eigenvalue weighted by molar-refractivity contribution is 0.116. The first-order valence-electron chi connectivity index (χ1n) is 10.2. The second kappa shape index (κ2) is 7.76. The van der Waals surface area contributed by atoms with Crippen LogP contribution >= 0.6 is 0 Å². The number of hydrogen-bond donors (Lipinski definition) is 0. The normalized spacial score (nSPS) is 30.7. The third kappa shape index (κ3) is 4.00. The zero-order chi connectivity index (χ0) is 20.6. The molecule has 0 radical (unpaired) electrons. The lowest BCUT2D eigenvalue weighted by Crippen LogP contribution is -2.36. The van der Waals surface area contributed by atoms with E-state index in [1.54, 1.807) is 12.3 Å². The Bertz CT molecular complexity index is 1070. The fourth-order valence-corrected chi connectivity index (χ4v) is 7.35. The van der Waals surface area contributed by atoms with Crippen molar-refractivity contribution in [2.24, 2.45) is 29.6 Å². The highest BCUT2D eigenvalue weighted by atomic mass is 32.2. The SMILES string of the molecule is C[C@H]1[C@H](/C=C/c2ccc(-c3ccccc3C#N)cn2)[C@H]2CS(=O)(=O)C[C@H]2C[C@@H]1C. The molecule has 150 valence electrons. The van der Waals surface area contributed by atoms with Gasteiger partial charge in [0.25, 0.3) is 0 Å². The van der Waals surface area contributed by atoms with Crippen molar-refractivity contribution in [1.29, 1.82) is 5.26 Å². The molecule has 4 rings (SSSR count).